The predicted octanol–water partition coefficient (Wildman–Crippen LogP) is 4.17. The van der Waals surface area contributed by atoms with E-state index in [-0.39, 0.29) is 0 Å². The summed E-state index contributed by atoms with van der Waals surface area (Å²) in [7, 11) is 0. The van der Waals surface area contributed by atoms with E-state index < -0.39 is 0 Å². The standard InChI is InChI=1S/C13H12ClNS/c14-13-7-6-12(8-15-13)10-16-9-11-4-2-1-3-5-11/h1-8H,9-10H2. The first-order chi connectivity index (χ1) is 7.84. The highest BCUT2D eigenvalue weighted by molar-refractivity contribution is 7.97. The molecule has 1 aromatic heterocycles. The molecule has 0 fully saturated rings. The van der Waals surface area contributed by atoms with Crippen LogP contribution in [-0.2, 0) is 11.5 Å². The van der Waals surface area contributed by atoms with E-state index in [1.54, 1.807) is 0 Å². The maximum Gasteiger partial charge on any atom is 0.129 e. The van der Waals surface area contributed by atoms with Gasteiger partial charge in [-0.15, -0.1) is 0 Å². The van der Waals surface area contributed by atoms with Crippen LogP contribution in [-0.4, -0.2) is 4.98 Å². The monoisotopic (exact) mass is 249 g/mol. The second kappa shape index (κ2) is 5.92. The fourth-order valence-electron chi connectivity index (χ4n) is 1.35. The summed E-state index contributed by atoms with van der Waals surface area (Å²) in [6.07, 6.45) is 1.83. The van der Waals surface area contributed by atoms with E-state index in [1.165, 1.54) is 11.1 Å². The van der Waals surface area contributed by atoms with Crippen molar-refractivity contribution in [3.05, 3.63) is 64.9 Å². The van der Waals surface area contributed by atoms with Gasteiger partial charge in [0.15, 0.2) is 0 Å². The van der Waals surface area contributed by atoms with Crippen LogP contribution in [0, 0.1) is 0 Å². The molecule has 0 saturated carbocycles. The fourth-order valence-corrected chi connectivity index (χ4v) is 2.40. The lowest BCUT2D eigenvalue weighted by molar-refractivity contribution is 1.25. The summed E-state index contributed by atoms with van der Waals surface area (Å²) < 4.78 is 0. The molecule has 1 aromatic carbocycles. The van der Waals surface area contributed by atoms with Crippen molar-refractivity contribution >= 4 is 23.4 Å². The molecule has 16 heavy (non-hydrogen) atoms. The highest BCUT2D eigenvalue weighted by Crippen LogP contribution is 2.17. The third kappa shape index (κ3) is 3.54. The maximum absolute atomic E-state index is 5.72. The minimum absolute atomic E-state index is 0.553. The zero-order chi connectivity index (χ0) is 11.2. The van der Waals surface area contributed by atoms with Gasteiger partial charge in [-0.25, -0.2) is 4.98 Å². The lowest BCUT2D eigenvalue weighted by Crippen LogP contribution is -1.84. The molecule has 2 aromatic rings. The Morgan fingerprint density at radius 3 is 2.38 bits per heavy atom. The normalized spacial score (nSPS) is 10.3. The maximum atomic E-state index is 5.72. The van der Waals surface area contributed by atoms with E-state index in [2.05, 4.69) is 29.2 Å². The third-order valence-electron chi connectivity index (χ3n) is 2.17. The van der Waals surface area contributed by atoms with Crippen LogP contribution in [0.3, 0.4) is 0 Å². The Morgan fingerprint density at radius 1 is 0.938 bits per heavy atom. The van der Waals surface area contributed by atoms with Gasteiger partial charge in [0, 0.05) is 17.7 Å². The Labute approximate surface area is 105 Å². The van der Waals surface area contributed by atoms with Crippen molar-refractivity contribution in [1.82, 2.24) is 4.98 Å². The molecule has 82 valence electrons. The minimum Gasteiger partial charge on any atom is -0.244 e. The number of pyridine rings is 1. The summed E-state index contributed by atoms with van der Waals surface area (Å²) >= 11 is 7.61. The molecule has 0 spiro atoms. The minimum atomic E-state index is 0.553. The quantitative estimate of drug-likeness (QED) is 0.755. The molecule has 0 aliphatic carbocycles. The Kier molecular flexibility index (Phi) is 4.25. The average molecular weight is 250 g/mol. The molecule has 3 heteroatoms. The van der Waals surface area contributed by atoms with Crippen LogP contribution in [0.1, 0.15) is 11.1 Å². The number of thioether (sulfide) groups is 1. The van der Waals surface area contributed by atoms with Crippen molar-refractivity contribution in [2.45, 2.75) is 11.5 Å². The summed E-state index contributed by atoms with van der Waals surface area (Å²) in [5.74, 6) is 2.00. The van der Waals surface area contributed by atoms with Crippen molar-refractivity contribution < 1.29 is 0 Å². The van der Waals surface area contributed by atoms with Crippen molar-refractivity contribution in [2.75, 3.05) is 0 Å². The van der Waals surface area contributed by atoms with E-state index >= 15 is 0 Å². The Morgan fingerprint density at radius 2 is 1.69 bits per heavy atom. The SMILES string of the molecule is Clc1ccc(CSCc2ccccc2)cn1. The van der Waals surface area contributed by atoms with Crippen LogP contribution in [0.25, 0.3) is 0 Å². The largest absolute Gasteiger partial charge is 0.244 e. The molecule has 0 saturated heterocycles. The van der Waals surface area contributed by atoms with Gasteiger partial charge in [-0.1, -0.05) is 48.0 Å². The first-order valence-corrected chi connectivity index (χ1v) is 6.60. The molecular weight excluding hydrogens is 238 g/mol. The summed E-state index contributed by atoms with van der Waals surface area (Å²) in [4.78, 5) is 4.06. The third-order valence-corrected chi connectivity index (χ3v) is 3.47. The molecular formula is C13H12ClNS. The van der Waals surface area contributed by atoms with Gasteiger partial charge in [0.2, 0.25) is 0 Å². The summed E-state index contributed by atoms with van der Waals surface area (Å²) in [6.45, 7) is 0. The molecule has 0 atom stereocenters. The van der Waals surface area contributed by atoms with Gasteiger partial charge in [0.05, 0.1) is 0 Å². The van der Waals surface area contributed by atoms with Crippen molar-refractivity contribution in [3.8, 4) is 0 Å². The second-order valence-corrected chi connectivity index (χ2v) is 4.84. The highest BCUT2D eigenvalue weighted by Gasteiger charge is 1.96. The molecule has 1 heterocycles. The van der Waals surface area contributed by atoms with Crippen LogP contribution < -0.4 is 0 Å². The van der Waals surface area contributed by atoms with Crippen LogP contribution >= 0.6 is 23.4 Å². The number of halogens is 1. The Balaban J connectivity index is 1.82. The summed E-state index contributed by atoms with van der Waals surface area (Å²) in [5.41, 5.74) is 2.57. The topological polar surface area (TPSA) is 12.9 Å². The number of benzene rings is 1. The summed E-state index contributed by atoms with van der Waals surface area (Å²) in [6, 6.07) is 14.3. The van der Waals surface area contributed by atoms with Crippen molar-refractivity contribution in [3.63, 3.8) is 0 Å². The number of rotatable bonds is 4. The molecule has 0 N–H and O–H groups in total. The van der Waals surface area contributed by atoms with Gasteiger partial charge in [0.1, 0.15) is 5.15 Å². The zero-order valence-corrected chi connectivity index (χ0v) is 10.3. The lowest BCUT2D eigenvalue weighted by atomic mass is 10.2. The van der Waals surface area contributed by atoms with E-state index in [4.69, 9.17) is 11.6 Å². The van der Waals surface area contributed by atoms with Crippen LogP contribution in [0.4, 0.5) is 0 Å². The zero-order valence-electron chi connectivity index (χ0n) is 8.77. The van der Waals surface area contributed by atoms with E-state index in [0.29, 0.717) is 5.15 Å². The van der Waals surface area contributed by atoms with E-state index in [9.17, 15) is 0 Å². The second-order valence-electron chi connectivity index (χ2n) is 3.47. The first-order valence-electron chi connectivity index (χ1n) is 5.07. The molecule has 1 nitrogen and oxygen atoms in total. The fraction of sp³-hybridized carbons (Fsp3) is 0.154. The molecule has 0 bridgehead atoms. The molecule has 0 aliphatic rings. The molecule has 0 unspecified atom stereocenters. The molecule has 0 aliphatic heterocycles. The van der Waals surface area contributed by atoms with Gasteiger partial charge in [0.25, 0.3) is 0 Å². The number of nitrogens with zero attached hydrogens (tertiary/aromatic N) is 1. The first kappa shape index (κ1) is 11.5. The predicted molar refractivity (Wildman–Crippen MR) is 70.7 cm³/mol. The Bertz CT molecular complexity index is 427. The van der Waals surface area contributed by atoms with Gasteiger partial charge >= 0.3 is 0 Å². The molecule has 2 rings (SSSR count). The smallest absolute Gasteiger partial charge is 0.129 e. The van der Waals surface area contributed by atoms with E-state index in [0.717, 1.165) is 11.5 Å². The van der Waals surface area contributed by atoms with Gasteiger partial charge in [-0.2, -0.15) is 11.8 Å². The average Bonchev–Trinajstić information content (AvgIpc) is 2.33. The van der Waals surface area contributed by atoms with Crippen LogP contribution in [0.15, 0.2) is 48.7 Å². The lowest BCUT2D eigenvalue weighted by Gasteiger charge is -2.02. The van der Waals surface area contributed by atoms with Crippen molar-refractivity contribution in [2.24, 2.45) is 0 Å². The van der Waals surface area contributed by atoms with E-state index in [1.807, 2.05) is 36.2 Å². The molecule has 0 radical (unpaired) electrons. The van der Waals surface area contributed by atoms with Gasteiger partial charge in [-0.05, 0) is 17.2 Å². The van der Waals surface area contributed by atoms with Gasteiger partial charge in [-0.3, -0.25) is 0 Å². The number of hydrogen-bond acceptors (Lipinski definition) is 2. The van der Waals surface area contributed by atoms with Crippen LogP contribution in [0.5, 0.6) is 0 Å². The number of hydrogen-bond donors (Lipinski definition) is 0. The van der Waals surface area contributed by atoms with Gasteiger partial charge < -0.3 is 0 Å². The van der Waals surface area contributed by atoms with Crippen molar-refractivity contribution in [1.29, 1.82) is 0 Å². The Hall–Kier alpha value is -0.990. The highest BCUT2D eigenvalue weighted by atomic mass is 35.5. The molecule has 0 amide bonds. The van der Waals surface area contributed by atoms with Crippen LogP contribution in [0.2, 0.25) is 5.15 Å². The number of aromatic nitrogens is 1. The summed E-state index contributed by atoms with van der Waals surface area (Å²) in [5, 5.41) is 0.553.